The van der Waals surface area contributed by atoms with Crippen LogP contribution < -0.4 is 5.32 Å². The van der Waals surface area contributed by atoms with E-state index in [1.807, 2.05) is 0 Å². The van der Waals surface area contributed by atoms with Gasteiger partial charge in [-0.15, -0.1) is 11.3 Å². The minimum absolute atomic E-state index is 0.513. The summed E-state index contributed by atoms with van der Waals surface area (Å²) in [6.07, 6.45) is 9.61. The number of hydrogen-bond acceptors (Lipinski definition) is 2. The first-order valence-electron chi connectivity index (χ1n) is 7.70. The first-order valence-corrected chi connectivity index (χ1v) is 8.89. The van der Waals surface area contributed by atoms with Gasteiger partial charge in [0.1, 0.15) is 0 Å². The largest absolute Gasteiger partial charge is 0.309 e. The molecule has 1 nitrogen and oxygen atoms in total. The molecule has 108 valence electrons. The predicted octanol–water partition coefficient (Wildman–Crippen LogP) is 5.72. The smallest absolute Gasteiger partial charge is 0.0960 e. The van der Waals surface area contributed by atoms with Crippen LogP contribution in [-0.4, -0.2) is 6.54 Å². The average Bonchev–Trinajstić information content (AvgIpc) is 2.76. The maximum atomic E-state index is 6.24. The van der Waals surface area contributed by atoms with Crippen molar-refractivity contribution in [2.45, 2.75) is 64.8 Å². The second-order valence-electron chi connectivity index (χ2n) is 5.85. The highest BCUT2D eigenvalue weighted by molar-refractivity contribution is 7.16. The molecule has 0 spiro atoms. The van der Waals surface area contributed by atoms with Gasteiger partial charge in [-0.1, -0.05) is 50.6 Å². The van der Waals surface area contributed by atoms with Gasteiger partial charge in [-0.25, -0.2) is 0 Å². The van der Waals surface area contributed by atoms with E-state index >= 15 is 0 Å². The van der Waals surface area contributed by atoms with E-state index in [1.54, 1.807) is 11.3 Å². The molecule has 0 bridgehead atoms. The monoisotopic (exact) mass is 299 g/mol. The Balaban J connectivity index is 2.01. The molecule has 1 aliphatic rings. The Kier molecular flexibility index (Phi) is 6.18. The summed E-state index contributed by atoms with van der Waals surface area (Å²) in [5.41, 5.74) is 1.23. The molecular weight excluding hydrogens is 274 g/mol. The summed E-state index contributed by atoms with van der Waals surface area (Å²) >= 11 is 8.01. The van der Waals surface area contributed by atoms with Gasteiger partial charge in [-0.3, -0.25) is 0 Å². The van der Waals surface area contributed by atoms with Crippen molar-refractivity contribution in [1.82, 2.24) is 5.32 Å². The molecule has 2 rings (SSSR count). The lowest BCUT2D eigenvalue weighted by Crippen LogP contribution is -2.24. The van der Waals surface area contributed by atoms with Crippen LogP contribution in [0, 0.1) is 12.8 Å². The van der Waals surface area contributed by atoms with Gasteiger partial charge in [0.15, 0.2) is 0 Å². The molecule has 19 heavy (non-hydrogen) atoms. The normalized spacial score (nSPS) is 18.7. The van der Waals surface area contributed by atoms with Crippen LogP contribution in [0.4, 0.5) is 0 Å². The van der Waals surface area contributed by atoms with Gasteiger partial charge in [0.05, 0.1) is 4.34 Å². The number of nitrogens with one attached hydrogen (secondary N) is 1. The highest BCUT2D eigenvalue weighted by Gasteiger charge is 2.21. The molecule has 1 aliphatic carbocycles. The molecule has 0 radical (unpaired) electrons. The fourth-order valence-corrected chi connectivity index (χ4v) is 4.34. The van der Waals surface area contributed by atoms with E-state index in [4.69, 9.17) is 11.6 Å². The Morgan fingerprint density at radius 3 is 2.68 bits per heavy atom. The Labute approximate surface area is 126 Å². The molecule has 1 unspecified atom stereocenters. The van der Waals surface area contributed by atoms with Crippen LogP contribution >= 0.6 is 22.9 Å². The standard InChI is InChI=1S/C16H26ClNS/c1-3-9-18-14(11-13-7-5-4-6-8-13)15-10-12(2)16(17)19-15/h10,13-14,18H,3-9,11H2,1-2H3. The zero-order chi connectivity index (χ0) is 13.7. The SMILES string of the molecule is CCCNC(CC1CCCCC1)c1cc(C)c(Cl)s1. The van der Waals surface area contributed by atoms with E-state index in [0.717, 1.165) is 16.8 Å². The summed E-state index contributed by atoms with van der Waals surface area (Å²) in [5.74, 6) is 0.907. The predicted molar refractivity (Wildman–Crippen MR) is 86.3 cm³/mol. The molecule has 1 aromatic heterocycles. The lowest BCUT2D eigenvalue weighted by Gasteiger charge is -2.26. The molecule has 0 aliphatic heterocycles. The van der Waals surface area contributed by atoms with Gasteiger partial charge in [-0.05, 0) is 43.9 Å². The topological polar surface area (TPSA) is 12.0 Å². The molecule has 1 saturated carbocycles. The highest BCUT2D eigenvalue weighted by Crippen LogP contribution is 2.37. The molecular formula is C16H26ClNS. The van der Waals surface area contributed by atoms with Gasteiger partial charge in [0, 0.05) is 10.9 Å². The van der Waals surface area contributed by atoms with E-state index in [9.17, 15) is 0 Å². The van der Waals surface area contributed by atoms with Crippen molar-refractivity contribution in [3.05, 3.63) is 20.8 Å². The van der Waals surface area contributed by atoms with Crippen molar-refractivity contribution in [2.24, 2.45) is 5.92 Å². The van der Waals surface area contributed by atoms with Crippen molar-refractivity contribution in [2.75, 3.05) is 6.54 Å². The molecule has 1 aromatic rings. The van der Waals surface area contributed by atoms with Crippen LogP contribution in [0.15, 0.2) is 6.07 Å². The molecule has 0 aromatic carbocycles. The summed E-state index contributed by atoms with van der Waals surface area (Å²) < 4.78 is 0.960. The molecule has 0 saturated heterocycles. The van der Waals surface area contributed by atoms with Gasteiger partial charge < -0.3 is 5.32 Å². The Hall–Kier alpha value is -0.0500. The van der Waals surface area contributed by atoms with E-state index in [2.05, 4.69) is 25.2 Å². The van der Waals surface area contributed by atoms with Crippen LogP contribution in [0.3, 0.4) is 0 Å². The second-order valence-corrected chi connectivity index (χ2v) is 7.54. The maximum Gasteiger partial charge on any atom is 0.0960 e. The van der Waals surface area contributed by atoms with Crippen molar-refractivity contribution >= 4 is 22.9 Å². The Bertz CT molecular complexity index is 363. The van der Waals surface area contributed by atoms with Gasteiger partial charge in [-0.2, -0.15) is 0 Å². The lowest BCUT2D eigenvalue weighted by molar-refractivity contribution is 0.301. The first-order chi connectivity index (χ1) is 9.20. The Morgan fingerprint density at radius 2 is 2.11 bits per heavy atom. The zero-order valence-corrected chi connectivity index (χ0v) is 13.7. The third kappa shape index (κ3) is 4.47. The molecule has 1 atom stereocenters. The van der Waals surface area contributed by atoms with Crippen LogP contribution in [0.25, 0.3) is 0 Å². The van der Waals surface area contributed by atoms with E-state index in [0.29, 0.717) is 6.04 Å². The van der Waals surface area contributed by atoms with Crippen molar-refractivity contribution in [3.8, 4) is 0 Å². The maximum absolute atomic E-state index is 6.24. The molecule has 1 heterocycles. The number of rotatable bonds is 6. The van der Waals surface area contributed by atoms with Crippen LogP contribution in [0.2, 0.25) is 4.34 Å². The molecule has 1 fully saturated rings. The highest BCUT2D eigenvalue weighted by atomic mass is 35.5. The number of hydrogen-bond donors (Lipinski definition) is 1. The molecule has 1 N–H and O–H groups in total. The summed E-state index contributed by atoms with van der Waals surface area (Å²) in [7, 11) is 0. The second kappa shape index (κ2) is 7.66. The summed E-state index contributed by atoms with van der Waals surface area (Å²) in [4.78, 5) is 1.43. The lowest BCUT2D eigenvalue weighted by atomic mass is 9.84. The van der Waals surface area contributed by atoms with E-state index in [-0.39, 0.29) is 0 Å². The van der Waals surface area contributed by atoms with Gasteiger partial charge in [0.25, 0.3) is 0 Å². The Morgan fingerprint density at radius 1 is 1.37 bits per heavy atom. The molecule has 3 heteroatoms. The summed E-state index contributed by atoms with van der Waals surface area (Å²) in [6.45, 7) is 5.45. The van der Waals surface area contributed by atoms with Gasteiger partial charge in [0.2, 0.25) is 0 Å². The van der Waals surface area contributed by atoms with E-state index in [1.165, 1.54) is 55.4 Å². The quantitative estimate of drug-likeness (QED) is 0.708. The van der Waals surface area contributed by atoms with Crippen molar-refractivity contribution in [1.29, 1.82) is 0 Å². The first kappa shape index (κ1) is 15.3. The van der Waals surface area contributed by atoms with Crippen molar-refractivity contribution in [3.63, 3.8) is 0 Å². The summed E-state index contributed by atoms with van der Waals surface area (Å²) in [6, 6.07) is 2.79. The number of halogens is 1. The van der Waals surface area contributed by atoms with Gasteiger partial charge >= 0.3 is 0 Å². The minimum Gasteiger partial charge on any atom is -0.309 e. The fourth-order valence-electron chi connectivity index (χ4n) is 3.03. The third-order valence-corrected chi connectivity index (χ3v) is 5.82. The summed E-state index contributed by atoms with van der Waals surface area (Å²) in [5, 5.41) is 3.73. The fraction of sp³-hybridized carbons (Fsp3) is 0.750. The molecule has 0 amide bonds. The van der Waals surface area contributed by atoms with Crippen LogP contribution in [-0.2, 0) is 0 Å². The van der Waals surface area contributed by atoms with Crippen LogP contribution in [0.1, 0.15) is 68.4 Å². The van der Waals surface area contributed by atoms with Crippen molar-refractivity contribution < 1.29 is 0 Å². The zero-order valence-electron chi connectivity index (χ0n) is 12.2. The number of aryl methyl sites for hydroxylation is 1. The number of thiophene rings is 1. The minimum atomic E-state index is 0.513. The van der Waals surface area contributed by atoms with Crippen LogP contribution in [0.5, 0.6) is 0 Å². The average molecular weight is 300 g/mol. The van der Waals surface area contributed by atoms with E-state index < -0.39 is 0 Å². The third-order valence-electron chi connectivity index (χ3n) is 4.15.